The molecule has 3 heterocycles. The van der Waals surface area contributed by atoms with E-state index in [1.54, 1.807) is 0 Å². The van der Waals surface area contributed by atoms with Crippen LogP contribution in [-0.4, -0.2) is 9.55 Å². The maximum Gasteiger partial charge on any atom is 0.135 e. The minimum atomic E-state index is -0.393. The van der Waals surface area contributed by atoms with Crippen molar-refractivity contribution in [2.75, 3.05) is 9.80 Å². The first-order chi connectivity index (χ1) is 30.7. The first-order valence-corrected chi connectivity index (χ1v) is 22.2. The summed E-state index contributed by atoms with van der Waals surface area (Å²) in [5, 5.41) is 2.28. The van der Waals surface area contributed by atoms with Gasteiger partial charge in [-0.2, -0.15) is 6.07 Å². The van der Waals surface area contributed by atoms with E-state index in [0.29, 0.717) is 11.5 Å². The van der Waals surface area contributed by atoms with Gasteiger partial charge in [0.05, 0.1) is 0 Å². The van der Waals surface area contributed by atoms with Crippen LogP contribution in [0.3, 0.4) is 0 Å². The van der Waals surface area contributed by atoms with Gasteiger partial charge in [-0.05, 0) is 91.9 Å². The second-order valence-electron chi connectivity index (χ2n) is 19.5. The molecule has 2 aromatic heterocycles. The Morgan fingerprint density at radius 2 is 1.20 bits per heavy atom. The molecule has 0 spiro atoms. The molecule has 5 nitrogen and oxygen atoms in total. The number of ether oxygens (including phenoxy) is 1. The van der Waals surface area contributed by atoms with Gasteiger partial charge in [0.15, 0.2) is 0 Å². The van der Waals surface area contributed by atoms with E-state index in [-0.39, 0.29) is 31.9 Å². The van der Waals surface area contributed by atoms with E-state index in [4.69, 9.17) is 9.72 Å². The first-order valence-electron chi connectivity index (χ1n) is 22.2. The number of nitrogens with zero attached hydrogens (tertiary/aromatic N) is 4. The standard InChI is InChI=1S/C59H53N4O.Pt/c1-57(2,3)43-30-31-60-55(35-43)63-51-27-16-15-26-49(51)56-50(59(7,8)42-22-13-10-14-23-42)37-48(38-54(56)63)64-47-25-19-24-45(36-47)61-39-62(53-29-18-17-28-52(53)61)46-33-41(40-20-11-9-12-21-40)32-44(34-46)58(4,5)6;/h9-35,37,39H,1-8H3;/q-3;. The number of aromatic nitrogens is 2. The molecular weight excluding hydrogens is 976 g/mol. The van der Waals surface area contributed by atoms with Crippen molar-refractivity contribution < 1.29 is 25.8 Å². The molecule has 10 rings (SSSR count). The minimum Gasteiger partial charge on any atom is -0.509 e. The quantitative estimate of drug-likeness (QED) is 0.142. The fourth-order valence-electron chi connectivity index (χ4n) is 9.03. The molecule has 0 unspecified atom stereocenters. The molecule has 0 atom stereocenters. The summed E-state index contributed by atoms with van der Waals surface area (Å²) in [6.07, 6.45) is 1.92. The molecule has 0 aliphatic carbocycles. The number of anilines is 4. The van der Waals surface area contributed by atoms with Gasteiger partial charge in [-0.1, -0.05) is 163 Å². The van der Waals surface area contributed by atoms with Crippen molar-refractivity contribution in [1.29, 1.82) is 0 Å². The molecule has 1 aliphatic rings. The zero-order valence-electron chi connectivity index (χ0n) is 38.3. The minimum absolute atomic E-state index is 0. The van der Waals surface area contributed by atoms with Crippen LogP contribution in [0.4, 0.5) is 22.7 Å². The second-order valence-corrected chi connectivity index (χ2v) is 19.5. The topological polar surface area (TPSA) is 33.5 Å². The van der Waals surface area contributed by atoms with Crippen LogP contribution in [0, 0.1) is 18.8 Å². The van der Waals surface area contributed by atoms with Crippen LogP contribution in [0.1, 0.15) is 77.6 Å². The van der Waals surface area contributed by atoms with Gasteiger partial charge in [0.1, 0.15) is 5.82 Å². The van der Waals surface area contributed by atoms with Crippen LogP contribution in [-0.2, 0) is 37.3 Å². The average molecular weight is 1030 g/mol. The van der Waals surface area contributed by atoms with E-state index in [1.807, 2.05) is 18.3 Å². The molecule has 9 aromatic rings. The van der Waals surface area contributed by atoms with E-state index in [1.165, 1.54) is 27.8 Å². The van der Waals surface area contributed by atoms with Gasteiger partial charge in [-0.25, -0.2) is 4.98 Å². The molecule has 0 saturated carbocycles. The van der Waals surface area contributed by atoms with Crippen molar-refractivity contribution in [3.05, 3.63) is 211 Å². The third-order valence-corrected chi connectivity index (χ3v) is 12.7. The van der Waals surface area contributed by atoms with Gasteiger partial charge in [0.2, 0.25) is 0 Å². The molecule has 0 N–H and O–H groups in total. The Bertz CT molecular complexity index is 3180. The van der Waals surface area contributed by atoms with Crippen molar-refractivity contribution in [3.63, 3.8) is 0 Å². The Kier molecular flexibility index (Phi) is 11.4. The summed E-state index contributed by atoms with van der Waals surface area (Å²) in [6.45, 7) is 20.3. The molecule has 0 radical (unpaired) electrons. The maximum absolute atomic E-state index is 6.94. The fourth-order valence-corrected chi connectivity index (χ4v) is 9.03. The molecule has 7 aromatic carbocycles. The number of hydrogen-bond acceptors (Lipinski definition) is 4. The molecule has 1 aliphatic heterocycles. The van der Waals surface area contributed by atoms with Crippen molar-refractivity contribution >= 4 is 44.6 Å². The van der Waals surface area contributed by atoms with Crippen molar-refractivity contribution in [2.24, 2.45) is 0 Å². The number of fused-ring (bicyclic) bond motifs is 4. The number of pyridine rings is 1. The Morgan fingerprint density at radius 1 is 0.538 bits per heavy atom. The van der Waals surface area contributed by atoms with Crippen molar-refractivity contribution in [1.82, 2.24) is 9.55 Å². The first kappa shape index (κ1) is 43.8. The molecule has 0 saturated heterocycles. The molecule has 0 bridgehead atoms. The number of hydrogen-bond donors (Lipinski definition) is 0. The molecule has 6 heteroatoms. The van der Waals surface area contributed by atoms with E-state index >= 15 is 0 Å². The van der Waals surface area contributed by atoms with Gasteiger partial charge in [0.25, 0.3) is 0 Å². The second kappa shape index (κ2) is 16.9. The van der Waals surface area contributed by atoms with Gasteiger partial charge in [-0.3, -0.25) is 0 Å². The summed E-state index contributed by atoms with van der Waals surface area (Å²) < 4.78 is 9.19. The summed E-state index contributed by atoms with van der Waals surface area (Å²) >= 11 is 0. The smallest absolute Gasteiger partial charge is 0.135 e. The Balaban J connectivity index is 0.00000533. The third kappa shape index (κ3) is 8.17. The van der Waals surface area contributed by atoms with E-state index < -0.39 is 5.41 Å². The van der Waals surface area contributed by atoms with Crippen LogP contribution in [0.25, 0.3) is 38.8 Å². The predicted octanol–water partition coefficient (Wildman–Crippen LogP) is 15.6. The average Bonchev–Trinajstić information content (AvgIpc) is 3.85. The Labute approximate surface area is 398 Å². The number of rotatable bonds is 8. The van der Waals surface area contributed by atoms with E-state index in [9.17, 15) is 0 Å². The fraction of sp³-hybridized carbons (Fsp3) is 0.186. The third-order valence-electron chi connectivity index (χ3n) is 12.7. The largest absolute Gasteiger partial charge is 0.509 e. The van der Waals surface area contributed by atoms with Gasteiger partial charge in [-0.15, -0.1) is 48.3 Å². The van der Waals surface area contributed by atoms with Gasteiger partial charge < -0.3 is 19.1 Å². The SMILES string of the molecule is CC(C)(C)c1cc(-c2ccccc2)cc(N2[CH-]N(c3[c-]c(Oc4[c-]c5c(c(C(C)(C)c6ccccc6)c4)c4ccccc4n5-c4cc(C(C)(C)C)ccn4)ccc3)c3ccccc32)c1.[Pt]. The number of benzene rings is 7. The van der Waals surface area contributed by atoms with Crippen molar-refractivity contribution in [2.45, 2.75) is 71.6 Å². The van der Waals surface area contributed by atoms with Crippen LogP contribution in [0.5, 0.6) is 11.5 Å². The summed E-state index contributed by atoms with van der Waals surface area (Å²) in [5.74, 6) is 2.05. The zero-order chi connectivity index (χ0) is 44.4. The monoisotopic (exact) mass is 1030 g/mol. The van der Waals surface area contributed by atoms with Crippen molar-refractivity contribution in [3.8, 4) is 28.4 Å². The van der Waals surface area contributed by atoms with E-state index in [2.05, 4.69) is 240 Å². The van der Waals surface area contributed by atoms with Gasteiger partial charge >= 0.3 is 0 Å². The van der Waals surface area contributed by atoms with E-state index in [0.717, 1.165) is 55.9 Å². The van der Waals surface area contributed by atoms with Gasteiger partial charge in [0, 0.05) is 61.3 Å². The Hall–Kier alpha value is -6.42. The summed E-state index contributed by atoms with van der Waals surface area (Å²) in [5.41, 5.74) is 12.8. The summed E-state index contributed by atoms with van der Waals surface area (Å²) in [7, 11) is 0. The number of para-hydroxylation sites is 3. The van der Waals surface area contributed by atoms with Crippen LogP contribution in [0.15, 0.2) is 170 Å². The molecule has 328 valence electrons. The van der Waals surface area contributed by atoms with Crippen LogP contribution >= 0.6 is 0 Å². The Morgan fingerprint density at radius 3 is 1.92 bits per heavy atom. The molecular formula is C59H53N4OPt-3. The molecule has 65 heavy (non-hydrogen) atoms. The van der Waals surface area contributed by atoms with Crippen LogP contribution < -0.4 is 14.5 Å². The maximum atomic E-state index is 6.94. The zero-order valence-corrected chi connectivity index (χ0v) is 40.5. The normalized spacial score (nSPS) is 13.0. The van der Waals surface area contributed by atoms with Crippen LogP contribution in [0.2, 0.25) is 0 Å². The molecule has 0 amide bonds. The summed E-state index contributed by atoms with van der Waals surface area (Å²) in [6, 6.07) is 65.5. The molecule has 0 fully saturated rings. The summed E-state index contributed by atoms with van der Waals surface area (Å²) in [4.78, 5) is 9.48. The predicted molar refractivity (Wildman–Crippen MR) is 266 cm³/mol.